The highest BCUT2D eigenvalue weighted by molar-refractivity contribution is 8.18. The summed E-state index contributed by atoms with van der Waals surface area (Å²) in [6.07, 6.45) is 0.949. The molecule has 47 heavy (non-hydrogen) atoms. The first-order valence-electron chi connectivity index (χ1n) is 17.0. The molecule has 0 bridgehead atoms. The Morgan fingerprint density at radius 3 is 1.51 bits per heavy atom. The minimum atomic E-state index is -0.780. The van der Waals surface area contributed by atoms with Gasteiger partial charge in [0.25, 0.3) is 0 Å². The molecule has 0 spiro atoms. The molecule has 3 rings (SSSR count). The Morgan fingerprint density at radius 2 is 1.17 bits per heavy atom. The molecular formula is C39H61NO5S2. The molecule has 3 N–H and O–H groups in total. The van der Waals surface area contributed by atoms with Gasteiger partial charge in [-0.05, 0) is 65.7 Å². The van der Waals surface area contributed by atoms with Gasteiger partial charge in [0.05, 0.1) is 10.7 Å². The van der Waals surface area contributed by atoms with Crippen LogP contribution in [0.15, 0.2) is 34.1 Å². The lowest BCUT2D eigenvalue weighted by Gasteiger charge is -2.43. The Hall–Kier alpha value is -1.71. The Labute approximate surface area is 293 Å². The number of carbonyl (C=O) groups excluding carboxylic acids is 1. The van der Waals surface area contributed by atoms with E-state index in [9.17, 15) is 20.1 Å². The van der Waals surface area contributed by atoms with Crippen LogP contribution in [-0.2, 0) is 26.5 Å². The molecule has 6 nitrogen and oxygen atoms in total. The summed E-state index contributed by atoms with van der Waals surface area (Å²) in [5, 5.41) is 32.0. The van der Waals surface area contributed by atoms with Gasteiger partial charge in [-0.2, -0.15) is 0 Å². The van der Waals surface area contributed by atoms with Crippen LogP contribution in [0, 0.1) is 0 Å². The van der Waals surface area contributed by atoms with Gasteiger partial charge < -0.3 is 20.1 Å². The third kappa shape index (κ3) is 10.2. The molecule has 1 unspecified atom stereocenters. The highest BCUT2D eigenvalue weighted by Crippen LogP contribution is 2.55. The van der Waals surface area contributed by atoms with Crippen molar-refractivity contribution in [3.05, 3.63) is 46.5 Å². The number of hydrogen-bond donors (Lipinski definition) is 3. The smallest absolute Gasteiger partial charge is 0.133 e. The van der Waals surface area contributed by atoms with Crippen molar-refractivity contribution in [2.45, 2.75) is 151 Å². The van der Waals surface area contributed by atoms with Crippen LogP contribution < -0.4 is 4.74 Å². The molecule has 0 saturated carbocycles. The fourth-order valence-electron chi connectivity index (χ4n) is 6.09. The molecule has 2 aromatic carbocycles. The number of nitrogens with zero attached hydrogens (tertiary/aromatic N) is 1. The minimum Gasteiger partial charge on any atom is -0.507 e. The number of ketones is 1. The second-order valence-corrected chi connectivity index (χ2v) is 20.5. The highest BCUT2D eigenvalue weighted by atomic mass is 32.2. The minimum absolute atomic E-state index is 0.0143. The van der Waals surface area contributed by atoms with Crippen LogP contribution in [-0.4, -0.2) is 62.6 Å². The van der Waals surface area contributed by atoms with Crippen LogP contribution in [0.3, 0.4) is 0 Å². The number of ether oxygens (including phenoxy) is 1. The first-order valence-corrected chi connectivity index (χ1v) is 18.6. The van der Waals surface area contributed by atoms with Gasteiger partial charge in [0.15, 0.2) is 0 Å². The van der Waals surface area contributed by atoms with E-state index in [0.717, 1.165) is 50.6 Å². The van der Waals surface area contributed by atoms with Gasteiger partial charge in [-0.15, -0.1) is 23.5 Å². The molecular weight excluding hydrogens is 627 g/mol. The lowest BCUT2D eigenvalue weighted by Crippen LogP contribution is -2.46. The van der Waals surface area contributed by atoms with E-state index in [2.05, 4.69) is 107 Å². The Bertz CT molecular complexity index is 1330. The molecule has 264 valence electrons. The molecule has 8 heteroatoms. The van der Waals surface area contributed by atoms with E-state index >= 15 is 0 Å². The number of benzene rings is 2. The highest BCUT2D eigenvalue weighted by Gasteiger charge is 2.40. The Kier molecular flexibility index (Phi) is 12.4. The van der Waals surface area contributed by atoms with E-state index in [-0.39, 0.29) is 51.2 Å². The Morgan fingerprint density at radius 1 is 0.787 bits per heavy atom. The number of aliphatic hydroxyl groups is 2. The predicted octanol–water partition coefficient (Wildman–Crippen LogP) is 8.93. The van der Waals surface area contributed by atoms with E-state index in [1.54, 1.807) is 0 Å². The number of likely N-dealkylation sites (tertiary alicyclic amines) is 1. The summed E-state index contributed by atoms with van der Waals surface area (Å²) in [5.41, 5.74) is 3.25. The number of aromatic hydroxyl groups is 1. The zero-order chi connectivity index (χ0) is 35.8. The molecule has 2 aromatic rings. The number of thioether (sulfide) groups is 2. The van der Waals surface area contributed by atoms with E-state index < -0.39 is 6.23 Å². The molecule has 1 aliphatic heterocycles. The van der Waals surface area contributed by atoms with Crippen molar-refractivity contribution in [1.29, 1.82) is 0 Å². The van der Waals surface area contributed by atoms with Crippen molar-refractivity contribution >= 4 is 29.3 Å². The van der Waals surface area contributed by atoms with Gasteiger partial charge in [-0.1, -0.05) is 83.1 Å². The predicted molar refractivity (Wildman–Crippen MR) is 198 cm³/mol. The quantitative estimate of drug-likeness (QED) is 0.214. The largest absolute Gasteiger partial charge is 0.507 e. The van der Waals surface area contributed by atoms with Crippen LogP contribution >= 0.6 is 23.5 Å². The molecule has 0 aromatic heterocycles. The van der Waals surface area contributed by atoms with Crippen molar-refractivity contribution in [2.75, 3.05) is 26.3 Å². The van der Waals surface area contributed by atoms with Crippen molar-refractivity contribution in [3.8, 4) is 11.5 Å². The topological polar surface area (TPSA) is 90.2 Å². The standard InChI is InChI=1S/C39H61NO5S2/c1-25(42)20-32(43)40-16-14-39(15-17-40,46-26-21-28(35(2,3)4)33(44)29(22-26)36(5,6)7)47-27-23-30(37(8,9)10)34(45-19-18-41)31(24-27)38(11,12)13/h21-24,32,41,43-44H,14-20H2,1-13H3. The number of aliphatic hydroxyl groups excluding tert-OH is 2. The average Bonchev–Trinajstić information content (AvgIpc) is 2.90. The number of carbonyl (C=O) groups is 1. The van der Waals surface area contributed by atoms with Crippen molar-refractivity contribution in [2.24, 2.45) is 0 Å². The monoisotopic (exact) mass is 687 g/mol. The van der Waals surface area contributed by atoms with Gasteiger partial charge in [-0.3, -0.25) is 9.69 Å². The lowest BCUT2D eigenvalue weighted by atomic mass is 9.79. The summed E-state index contributed by atoms with van der Waals surface area (Å²) in [6.45, 7) is 29.1. The summed E-state index contributed by atoms with van der Waals surface area (Å²) in [7, 11) is 0. The number of piperidine rings is 1. The van der Waals surface area contributed by atoms with Gasteiger partial charge in [0.1, 0.15) is 30.1 Å². The fourth-order valence-corrected chi connectivity index (χ4v) is 9.18. The van der Waals surface area contributed by atoms with Gasteiger partial charge in [0, 0.05) is 51.6 Å². The number of phenols is 1. The molecule has 0 radical (unpaired) electrons. The van der Waals surface area contributed by atoms with Gasteiger partial charge >= 0.3 is 0 Å². The van der Waals surface area contributed by atoms with E-state index in [0.29, 0.717) is 18.8 Å². The SMILES string of the molecule is CC(=O)CC(O)N1CCC(Sc2cc(C(C)(C)C)c(O)c(C(C)(C)C)c2)(Sc2cc(C(C)(C)C)c(OCCO)c(C(C)(C)C)c2)CC1. The van der Waals surface area contributed by atoms with E-state index in [4.69, 9.17) is 4.74 Å². The normalized spacial score (nSPS) is 17.1. The molecule has 1 heterocycles. The second kappa shape index (κ2) is 14.6. The molecule has 1 fully saturated rings. The number of Topliss-reactive ketones (excluding diaryl/α,β-unsaturated/α-hetero) is 1. The molecule has 1 aliphatic rings. The second-order valence-electron chi connectivity index (χ2n) is 17.3. The van der Waals surface area contributed by atoms with Gasteiger partial charge in [-0.25, -0.2) is 0 Å². The van der Waals surface area contributed by atoms with Gasteiger partial charge in [0.2, 0.25) is 0 Å². The van der Waals surface area contributed by atoms with Crippen LogP contribution in [0.1, 0.15) is 132 Å². The molecule has 0 aliphatic carbocycles. The zero-order valence-corrected chi connectivity index (χ0v) is 32.9. The molecule has 1 saturated heterocycles. The van der Waals surface area contributed by atoms with Crippen LogP contribution in [0.4, 0.5) is 0 Å². The zero-order valence-electron chi connectivity index (χ0n) is 31.3. The summed E-state index contributed by atoms with van der Waals surface area (Å²) in [6, 6.07) is 8.87. The fraction of sp³-hybridized carbons (Fsp3) is 0.667. The average molecular weight is 688 g/mol. The summed E-state index contributed by atoms with van der Waals surface area (Å²) in [4.78, 5) is 16.2. The van der Waals surface area contributed by atoms with Crippen molar-refractivity contribution < 1.29 is 24.9 Å². The summed E-state index contributed by atoms with van der Waals surface area (Å²) in [5.74, 6) is 1.22. The lowest BCUT2D eigenvalue weighted by molar-refractivity contribution is -0.122. The van der Waals surface area contributed by atoms with Crippen LogP contribution in [0.25, 0.3) is 0 Å². The first kappa shape index (κ1) is 39.7. The maximum Gasteiger partial charge on any atom is 0.133 e. The first-order chi connectivity index (χ1) is 21.4. The number of rotatable bonds is 10. The molecule has 0 amide bonds. The third-order valence-corrected chi connectivity index (χ3v) is 11.8. The van der Waals surface area contributed by atoms with E-state index in [1.165, 1.54) is 6.92 Å². The summed E-state index contributed by atoms with van der Waals surface area (Å²) < 4.78 is 5.99. The number of hydrogen-bond acceptors (Lipinski definition) is 8. The van der Waals surface area contributed by atoms with Crippen LogP contribution in [0.2, 0.25) is 0 Å². The summed E-state index contributed by atoms with van der Waals surface area (Å²) >= 11 is 3.74. The maximum atomic E-state index is 11.8. The third-order valence-electron chi connectivity index (χ3n) is 8.77. The molecule has 1 atom stereocenters. The number of phenolic OH excluding ortho intramolecular Hbond substituents is 1. The Balaban J connectivity index is 2.21. The van der Waals surface area contributed by atoms with Crippen LogP contribution in [0.5, 0.6) is 11.5 Å². The van der Waals surface area contributed by atoms with E-state index in [1.807, 2.05) is 28.4 Å². The maximum absolute atomic E-state index is 11.8. The van der Waals surface area contributed by atoms with Crippen molar-refractivity contribution in [1.82, 2.24) is 4.90 Å². The van der Waals surface area contributed by atoms with Crippen molar-refractivity contribution in [3.63, 3.8) is 0 Å².